The Kier molecular flexibility index (Phi) is 17.2. The van der Waals surface area contributed by atoms with Crippen LogP contribution in [0.1, 0.15) is 109 Å². The highest BCUT2D eigenvalue weighted by atomic mass is 32.2. The number of hydrogen-bond donors (Lipinski definition) is 2. The SMILES string of the molecule is CC[NH+]1CCC(N2CCCC2=O)CC1.COc1ncc(-c2nc(N3CCOCC3)nc3c(CN4CCC(N5CCCC5=O)CC4)cc(F)cc23)cc1NS(C)(=O)=O.O=C1CCCN1C1CCCCC1. The first-order chi connectivity index (χ1) is 33.4. The molecule has 3 aromatic rings. The summed E-state index contributed by atoms with van der Waals surface area (Å²) < 4.78 is 52.7. The summed E-state index contributed by atoms with van der Waals surface area (Å²) in [5.74, 6) is 1.22. The van der Waals surface area contributed by atoms with Crippen molar-refractivity contribution in [3.63, 3.8) is 0 Å². The number of rotatable bonds is 11. The number of ether oxygens (including phenoxy) is 2. The number of morpholine rings is 1. The lowest BCUT2D eigenvalue weighted by atomic mass is 9.94. The highest BCUT2D eigenvalue weighted by Gasteiger charge is 2.33. The van der Waals surface area contributed by atoms with Gasteiger partial charge in [0.05, 0.1) is 57.4 Å². The highest BCUT2D eigenvalue weighted by molar-refractivity contribution is 7.92. The quantitative estimate of drug-likeness (QED) is 0.280. The van der Waals surface area contributed by atoms with Gasteiger partial charge < -0.3 is 34.0 Å². The highest BCUT2D eigenvalue weighted by Crippen LogP contribution is 2.36. The fourth-order valence-electron chi connectivity index (χ4n) is 11.4. The molecule has 8 heterocycles. The van der Waals surface area contributed by atoms with E-state index < -0.39 is 15.8 Å². The van der Waals surface area contributed by atoms with Crippen LogP contribution in [0.2, 0.25) is 0 Å². The summed E-state index contributed by atoms with van der Waals surface area (Å²) in [5, 5.41) is 0.502. The van der Waals surface area contributed by atoms with Crippen LogP contribution in [0.5, 0.6) is 5.88 Å². The molecule has 0 bridgehead atoms. The molecule has 0 atom stereocenters. The number of methoxy groups -OCH3 is 1. The number of carbonyl (C=O) groups excluding carboxylic acids is 3. The Balaban J connectivity index is 0.000000198. The van der Waals surface area contributed by atoms with E-state index in [4.69, 9.17) is 19.4 Å². The molecular weight excluding hydrogens is 904 g/mol. The zero-order valence-corrected chi connectivity index (χ0v) is 41.9. The van der Waals surface area contributed by atoms with Crippen LogP contribution in [0.15, 0.2) is 24.4 Å². The number of likely N-dealkylation sites (tertiary alicyclic amines) is 5. The molecule has 7 fully saturated rings. The lowest BCUT2D eigenvalue weighted by Gasteiger charge is -2.36. The number of halogens is 1. The molecule has 7 aliphatic rings. The van der Waals surface area contributed by atoms with E-state index in [9.17, 15) is 22.8 Å². The number of carbonyl (C=O) groups is 3. The molecule has 0 radical (unpaired) electrons. The van der Waals surface area contributed by atoms with Crippen LogP contribution >= 0.6 is 0 Å². The number of nitrogens with one attached hydrogen (secondary N) is 2. The summed E-state index contributed by atoms with van der Waals surface area (Å²) in [6.07, 6.45) is 18.7. The molecule has 6 saturated heterocycles. The minimum Gasteiger partial charge on any atom is -0.480 e. The average Bonchev–Trinajstić information content (AvgIpc) is 4.12. The van der Waals surface area contributed by atoms with E-state index in [1.54, 1.807) is 11.0 Å². The van der Waals surface area contributed by atoms with Crippen LogP contribution in [0, 0.1) is 5.82 Å². The first-order valence-corrected chi connectivity index (χ1v) is 27.6. The molecule has 3 amide bonds. The van der Waals surface area contributed by atoms with Crippen molar-refractivity contribution in [1.29, 1.82) is 0 Å². The van der Waals surface area contributed by atoms with Crippen LogP contribution in [-0.2, 0) is 35.7 Å². The number of benzene rings is 1. The van der Waals surface area contributed by atoms with Crippen molar-refractivity contribution in [1.82, 2.24) is 34.6 Å². The number of aromatic nitrogens is 3. The van der Waals surface area contributed by atoms with Gasteiger partial charge in [-0.1, -0.05) is 19.3 Å². The maximum Gasteiger partial charge on any atom is 0.238 e. The molecule has 1 aromatic carbocycles. The van der Waals surface area contributed by atoms with Gasteiger partial charge in [0.15, 0.2) is 0 Å². The summed E-state index contributed by atoms with van der Waals surface area (Å²) in [4.78, 5) is 61.6. The second-order valence-electron chi connectivity index (χ2n) is 19.8. The molecule has 378 valence electrons. The third kappa shape index (κ3) is 13.0. The molecule has 2 N–H and O–H groups in total. The first kappa shape index (κ1) is 50.7. The Morgan fingerprint density at radius 2 is 1.33 bits per heavy atom. The summed E-state index contributed by atoms with van der Waals surface area (Å²) in [6, 6.07) is 5.97. The second-order valence-corrected chi connectivity index (χ2v) is 21.5. The zero-order chi connectivity index (χ0) is 48.5. The van der Waals surface area contributed by atoms with E-state index >= 15 is 4.39 Å². The molecule has 6 aliphatic heterocycles. The Hall–Kier alpha value is -4.72. The minimum absolute atomic E-state index is 0.104. The van der Waals surface area contributed by atoms with E-state index in [1.807, 2.05) is 9.80 Å². The molecule has 17 nitrogen and oxygen atoms in total. The van der Waals surface area contributed by atoms with Crippen LogP contribution < -0.4 is 19.3 Å². The Morgan fingerprint density at radius 3 is 1.87 bits per heavy atom. The number of piperidine rings is 2. The summed E-state index contributed by atoms with van der Waals surface area (Å²) >= 11 is 0. The number of sulfonamides is 1. The number of fused-ring (bicyclic) bond motifs is 1. The van der Waals surface area contributed by atoms with Crippen LogP contribution in [-0.4, -0.2) is 171 Å². The van der Waals surface area contributed by atoms with Gasteiger partial charge in [0.25, 0.3) is 0 Å². The maximum absolute atomic E-state index is 15.3. The van der Waals surface area contributed by atoms with Crippen LogP contribution in [0.4, 0.5) is 16.0 Å². The van der Waals surface area contributed by atoms with Crippen molar-refractivity contribution in [2.75, 3.05) is 102 Å². The van der Waals surface area contributed by atoms with E-state index in [0.29, 0.717) is 91.3 Å². The molecule has 69 heavy (non-hydrogen) atoms. The van der Waals surface area contributed by atoms with Gasteiger partial charge in [0.2, 0.25) is 39.6 Å². The normalized spacial score (nSPS) is 23.3. The number of quaternary nitrogens is 1. The van der Waals surface area contributed by atoms with Crippen molar-refractivity contribution >= 4 is 50.3 Å². The summed E-state index contributed by atoms with van der Waals surface area (Å²) in [5.41, 5.74) is 2.43. The van der Waals surface area contributed by atoms with E-state index in [-0.39, 0.29) is 23.5 Å². The number of pyridine rings is 1. The van der Waals surface area contributed by atoms with Crippen molar-refractivity contribution in [3.05, 3.63) is 35.8 Å². The largest absolute Gasteiger partial charge is 0.480 e. The summed E-state index contributed by atoms with van der Waals surface area (Å²) in [7, 11) is -2.23. The fraction of sp³-hybridized carbons (Fsp3) is 0.680. The van der Waals surface area contributed by atoms with Crippen molar-refractivity contribution in [2.24, 2.45) is 0 Å². The molecule has 0 unspecified atom stereocenters. The lowest BCUT2D eigenvalue weighted by Crippen LogP contribution is -3.13. The van der Waals surface area contributed by atoms with E-state index in [1.165, 1.54) is 90.0 Å². The van der Waals surface area contributed by atoms with Gasteiger partial charge in [-0.15, -0.1) is 0 Å². The molecule has 1 aliphatic carbocycles. The van der Waals surface area contributed by atoms with Gasteiger partial charge in [-0.25, -0.2) is 27.8 Å². The second kappa shape index (κ2) is 23.5. The Bertz CT molecular complexity index is 2370. The predicted molar refractivity (Wildman–Crippen MR) is 263 cm³/mol. The lowest BCUT2D eigenvalue weighted by molar-refractivity contribution is -0.903. The topological polar surface area (TPSA) is 175 Å². The van der Waals surface area contributed by atoms with Crippen molar-refractivity contribution in [2.45, 2.75) is 128 Å². The van der Waals surface area contributed by atoms with Gasteiger partial charge in [-0.3, -0.25) is 24.0 Å². The van der Waals surface area contributed by atoms with Crippen LogP contribution in [0.25, 0.3) is 22.2 Å². The molecule has 0 spiro atoms. The molecule has 2 aromatic heterocycles. The van der Waals surface area contributed by atoms with E-state index in [0.717, 1.165) is 89.5 Å². The molecule has 1 saturated carbocycles. The smallest absolute Gasteiger partial charge is 0.238 e. The first-order valence-electron chi connectivity index (χ1n) is 25.7. The van der Waals surface area contributed by atoms with Gasteiger partial charge in [-0.2, -0.15) is 0 Å². The molecule has 10 rings (SSSR count). The molecular formula is C50H74FN10O7S+. The van der Waals surface area contributed by atoms with Gasteiger partial charge >= 0.3 is 0 Å². The number of anilines is 2. The van der Waals surface area contributed by atoms with Gasteiger partial charge in [0, 0.05) is 120 Å². The average molecular weight is 978 g/mol. The van der Waals surface area contributed by atoms with Crippen molar-refractivity contribution < 1.29 is 41.6 Å². The number of amides is 3. The third-order valence-electron chi connectivity index (χ3n) is 15.1. The van der Waals surface area contributed by atoms with Gasteiger partial charge in [0.1, 0.15) is 11.5 Å². The number of hydrogen-bond acceptors (Lipinski definition) is 12. The maximum atomic E-state index is 15.3. The zero-order valence-electron chi connectivity index (χ0n) is 41.1. The van der Waals surface area contributed by atoms with Crippen LogP contribution in [0.3, 0.4) is 0 Å². The molecule has 19 heteroatoms. The standard InChI is InChI=1S/C29H36FN7O5S.C11H20N2O.C10H17NO/c1-41-28-24(34-43(2,39)40)15-19(17-31-28)26-23-16-21(30)14-20(27(23)33-29(32-26)36-10-12-42-13-11-36)18-35-8-5-22(6-9-35)37-7-3-4-25(37)38;1-2-12-8-5-10(6-9-12)13-7-3-4-11(13)14;12-10-7-4-8-11(10)9-5-2-1-3-6-9/h14-17,22,34H,3-13,18H2,1-2H3;10H,2-9H2,1H3;9H,1-8H2/p+1. The Morgan fingerprint density at radius 1 is 0.754 bits per heavy atom. The fourth-order valence-corrected chi connectivity index (χ4v) is 11.9. The predicted octanol–water partition coefficient (Wildman–Crippen LogP) is 4.25. The third-order valence-corrected chi connectivity index (χ3v) is 15.7. The van der Waals surface area contributed by atoms with E-state index in [2.05, 4.69) is 31.3 Å². The monoisotopic (exact) mass is 978 g/mol. The van der Waals surface area contributed by atoms with Gasteiger partial charge in [-0.05, 0) is 75.6 Å². The minimum atomic E-state index is -3.63. The Labute approximate surface area is 407 Å². The summed E-state index contributed by atoms with van der Waals surface area (Å²) in [6.45, 7) is 13.2. The van der Waals surface area contributed by atoms with Crippen molar-refractivity contribution in [3.8, 4) is 17.1 Å². The number of nitrogens with zero attached hydrogens (tertiary/aromatic N) is 8.